The minimum Gasteiger partial charge on any atom is -0.508 e. The molecule has 0 saturated carbocycles. The number of benzene rings is 3. The number of aromatic hydroxyl groups is 3. The van der Waals surface area contributed by atoms with E-state index >= 15 is 0 Å². The van der Waals surface area contributed by atoms with Crippen LogP contribution in [0, 0.1) is 6.92 Å². The van der Waals surface area contributed by atoms with Crippen LogP contribution in [-0.4, -0.2) is 40.3 Å². The highest BCUT2D eigenvalue weighted by Gasteiger charge is 2.33. The summed E-state index contributed by atoms with van der Waals surface area (Å²) in [7, 11) is 0. The summed E-state index contributed by atoms with van der Waals surface area (Å²) >= 11 is 0. The van der Waals surface area contributed by atoms with Crippen molar-refractivity contribution in [1.82, 2.24) is 5.32 Å². The predicted octanol–water partition coefficient (Wildman–Crippen LogP) is 5.53. The van der Waals surface area contributed by atoms with E-state index in [1.165, 1.54) is 19.3 Å². The van der Waals surface area contributed by atoms with E-state index in [2.05, 4.69) is 5.32 Å². The summed E-state index contributed by atoms with van der Waals surface area (Å²) in [4.78, 5) is 13.2. The number of ether oxygens (including phenoxy) is 1. The fourth-order valence-electron chi connectivity index (χ4n) is 5.70. The molecule has 1 saturated heterocycles. The fraction of sp³-hybridized carbons (Fsp3) is 0.387. The van der Waals surface area contributed by atoms with Crippen LogP contribution in [0.1, 0.15) is 76.2 Å². The summed E-state index contributed by atoms with van der Waals surface area (Å²) in [5.74, 6) is 0.691. The molecule has 37 heavy (non-hydrogen) atoms. The first-order valence-corrected chi connectivity index (χ1v) is 13.2. The first kappa shape index (κ1) is 25.2. The van der Waals surface area contributed by atoms with Crippen LogP contribution in [0.15, 0.2) is 48.5 Å². The Morgan fingerprint density at radius 3 is 2.41 bits per heavy atom. The molecule has 2 atom stereocenters. The predicted molar refractivity (Wildman–Crippen MR) is 143 cm³/mol. The zero-order valence-electron chi connectivity index (χ0n) is 21.3. The topological polar surface area (TPSA) is 99.0 Å². The van der Waals surface area contributed by atoms with Gasteiger partial charge in [0.05, 0.1) is 12.2 Å². The summed E-state index contributed by atoms with van der Waals surface area (Å²) in [6.45, 7) is 3.41. The van der Waals surface area contributed by atoms with E-state index in [-0.39, 0.29) is 35.4 Å². The zero-order valence-corrected chi connectivity index (χ0v) is 21.3. The van der Waals surface area contributed by atoms with Crippen LogP contribution in [-0.2, 0) is 12.8 Å². The lowest BCUT2D eigenvalue weighted by Crippen LogP contribution is -2.35. The van der Waals surface area contributed by atoms with Gasteiger partial charge in [-0.3, -0.25) is 4.79 Å². The maximum absolute atomic E-state index is 13.2. The highest BCUT2D eigenvalue weighted by molar-refractivity contribution is 6.03. The van der Waals surface area contributed by atoms with Gasteiger partial charge in [-0.05, 0) is 86.0 Å². The number of hydrogen-bond donors (Lipinski definition) is 4. The van der Waals surface area contributed by atoms with Crippen molar-refractivity contribution >= 4 is 5.78 Å². The molecule has 0 radical (unpaired) electrons. The molecule has 5 rings (SSSR count). The van der Waals surface area contributed by atoms with E-state index in [9.17, 15) is 20.1 Å². The van der Waals surface area contributed by atoms with Crippen molar-refractivity contribution in [2.24, 2.45) is 0 Å². The first-order chi connectivity index (χ1) is 17.9. The average Bonchev–Trinajstić information content (AvgIpc) is 2.91. The molecule has 194 valence electrons. The number of phenolic OH excluding ortho intramolecular Hbond substituents is 3. The molecule has 4 N–H and O–H groups in total. The van der Waals surface area contributed by atoms with Gasteiger partial charge < -0.3 is 25.4 Å². The van der Waals surface area contributed by atoms with E-state index in [1.807, 2.05) is 36.4 Å². The number of piperidine rings is 1. The number of fused-ring (bicyclic) bond motifs is 1. The van der Waals surface area contributed by atoms with Crippen LogP contribution in [0.4, 0.5) is 0 Å². The van der Waals surface area contributed by atoms with E-state index in [4.69, 9.17) is 4.74 Å². The largest absolute Gasteiger partial charge is 0.508 e. The molecule has 6 nitrogen and oxygen atoms in total. The fourth-order valence-corrected chi connectivity index (χ4v) is 5.70. The van der Waals surface area contributed by atoms with Gasteiger partial charge in [-0.1, -0.05) is 30.7 Å². The molecular formula is C31H35NO5. The first-order valence-electron chi connectivity index (χ1n) is 13.2. The van der Waals surface area contributed by atoms with Crippen molar-refractivity contribution in [2.75, 3.05) is 13.2 Å². The van der Waals surface area contributed by atoms with Crippen LogP contribution in [0.2, 0.25) is 0 Å². The molecule has 2 aliphatic rings. The summed E-state index contributed by atoms with van der Waals surface area (Å²) in [6, 6.07) is 15.3. The van der Waals surface area contributed by atoms with Crippen LogP contribution in [0.3, 0.4) is 0 Å². The molecule has 1 aliphatic heterocycles. The molecule has 3 aromatic carbocycles. The Morgan fingerprint density at radius 1 is 0.946 bits per heavy atom. The van der Waals surface area contributed by atoms with Crippen LogP contribution in [0.25, 0.3) is 0 Å². The van der Waals surface area contributed by atoms with Crippen molar-refractivity contribution in [3.8, 4) is 23.0 Å². The standard InChI is InChI=1S/C31H35NO5/c1-19-30(35)27(16-20-5-11-25(12-6-20)37-15-13-23-4-2-3-14-32-23)26-17-22(18-28(34)29(26)31(19)36)21-7-9-24(33)10-8-21/h5-12,22-23,32-33,35-36H,2-4,13-18H2,1H3. The number of Topliss-reactive ketones (excluding diaryl/α,β-unsaturated/α-hetero) is 1. The van der Waals surface area contributed by atoms with Gasteiger partial charge in [0.1, 0.15) is 23.0 Å². The van der Waals surface area contributed by atoms with Gasteiger partial charge in [0.2, 0.25) is 0 Å². The van der Waals surface area contributed by atoms with Gasteiger partial charge in [-0.25, -0.2) is 0 Å². The van der Waals surface area contributed by atoms with E-state index < -0.39 is 0 Å². The highest BCUT2D eigenvalue weighted by atomic mass is 16.5. The smallest absolute Gasteiger partial charge is 0.167 e. The molecule has 2 unspecified atom stereocenters. The van der Waals surface area contributed by atoms with Gasteiger partial charge >= 0.3 is 0 Å². The summed E-state index contributed by atoms with van der Waals surface area (Å²) in [6.07, 6.45) is 5.97. The third kappa shape index (κ3) is 5.44. The molecule has 1 fully saturated rings. The monoisotopic (exact) mass is 501 g/mol. The summed E-state index contributed by atoms with van der Waals surface area (Å²) in [5, 5.41) is 35.0. The minimum absolute atomic E-state index is 0.0377. The van der Waals surface area contributed by atoms with Crippen LogP contribution in [0.5, 0.6) is 23.0 Å². The molecule has 0 amide bonds. The SMILES string of the molecule is Cc1c(O)c(Cc2ccc(OCCC3CCCCN3)cc2)c2c(c1O)C(=O)CC(c1ccc(O)cc1)C2. The van der Waals surface area contributed by atoms with E-state index in [0.29, 0.717) is 47.7 Å². The van der Waals surface area contributed by atoms with Crippen molar-refractivity contribution in [2.45, 2.75) is 63.8 Å². The zero-order chi connectivity index (χ0) is 25.9. The Balaban J connectivity index is 1.35. The third-order valence-electron chi connectivity index (χ3n) is 7.88. The Morgan fingerprint density at radius 2 is 1.70 bits per heavy atom. The lowest BCUT2D eigenvalue weighted by molar-refractivity contribution is 0.0960. The van der Waals surface area contributed by atoms with Gasteiger partial charge in [-0.15, -0.1) is 0 Å². The number of rotatable bonds is 7. The maximum atomic E-state index is 13.2. The molecule has 0 bridgehead atoms. The third-order valence-corrected chi connectivity index (χ3v) is 7.88. The molecular weight excluding hydrogens is 466 g/mol. The van der Waals surface area contributed by atoms with Crippen molar-refractivity contribution < 1.29 is 24.9 Å². The van der Waals surface area contributed by atoms with Gasteiger partial charge in [0.25, 0.3) is 0 Å². The quantitative estimate of drug-likeness (QED) is 0.340. The molecule has 1 heterocycles. The molecule has 1 aliphatic carbocycles. The van der Waals surface area contributed by atoms with Crippen LogP contribution < -0.4 is 10.1 Å². The lowest BCUT2D eigenvalue weighted by Gasteiger charge is -2.28. The molecule has 0 aromatic heterocycles. The molecule has 6 heteroatoms. The Labute approximate surface area is 217 Å². The number of carbonyl (C=O) groups is 1. The van der Waals surface area contributed by atoms with E-state index in [1.54, 1.807) is 19.1 Å². The lowest BCUT2D eigenvalue weighted by atomic mass is 9.75. The minimum atomic E-state index is -0.127. The number of phenols is 3. The Bertz CT molecular complexity index is 1260. The second-order valence-corrected chi connectivity index (χ2v) is 10.4. The van der Waals surface area contributed by atoms with Crippen molar-refractivity contribution in [3.63, 3.8) is 0 Å². The second-order valence-electron chi connectivity index (χ2n) is 10.4. The number of carbonyl (C=O) groups excluding carboxylic acids is 1. The van der Waals surface area contributed by atoms with Gasteiger partial charge in [0, 0.05) is 30.0 Å². The van der Waals surface area contributed by atoms with Crippen molar-refractivity contribution in [1.29, 1.82) is 0 Å². The van der Waals surface area contributed by atoms with E-state index in [0.717, 1.165) is 29.8 Å². The van der Waals surface area contributed by atoms with Crippen LogP contribution >= 0.6 is 0 Å². The van der Waals surface area contributed by atoms with Gasteiger partial charge in [-0.2, -0.15) is 0 Å². The number of nitrogens with one attached hydrogen (secondary N) is 1. The Kier molecular flexibility index (Phi) is 7.38. The normalized spacial score (nSPS) is 19.4. The number of ketones is 1. The maximum Gasteiger partial charge on any atom is 0.167 e. The van der Waals surface area contributed by atoms with Crippen molar-refractivity contribution in [3.05, 3.63) is 81.9 Å². The van der Waals surface area contributed by atoms with Gasteiger partial charge in [0.15, 0.2) is 5.78 Å². The molecule has 0 spiro atoms. The highest BCUT2D eigenvalue weighted by Crippen LogP contribution is 2.45. The summed E-state index contributed by atoms with van der Waals surface area (Å²) < 4.78 is 5.96. The Hall–Kier alpha value is -3.51. The number of hydrogen-bond acceptors (Lipinski definition) is 6. The second kappa shape index (κ2) is 10.9. The average molecular weight is 502 g/mol. The molecule has 3 aromatic rings. The summed E-state index contributed by atoms with van der Waals surface area (Å²) in [5.41, 5.74) is 3.99.